The Morgan fingerprint density at radius 1 is 1.28 bits per heavy atom. The molecule has 1 unspecified atom stereocenters. The maximum absolute atomic E-state index is 12.7. The minimum atomic E-state index is -0.476. The third-order valence-electron chi connectivity index (χ3n) is 4.75. The Hall–Kier alpha value is -3.07. The van der Waals surface area contributed by atoms with E-state index in [0.717, 1.165) is 16.9 Å². The number of amides is 3. The number of nitrogens with one attached hydrogen (secondary N) is 1. The van der Waals surface area contributed by atoms with Crippen LogP contribution in [-0.4, -0.2) is 49.9 Å². The van der Waals surface area contributed by atoms with E-state index in [2.05, 4.69) is 15.5 Å². The van der Waals surface area contributed by atoms with Crippen molar-refractivity contribution in [2.45, 2.75) is 30.8 Å². The first-order chi connectivity index (χ1) is 14.0. The minimum Gasteiger partial charge on any atom is -0.469 e. The SMILES string of the molecule is Cc1occc1-c1nnc(SC(C)C(=O)N2CCNC2=O)n1Cc1ccccc1. The standard InChI is InChI=1S/C20H21N5O3S/c1-13-16(8-11-28-13)17-22-23-20(25(17)12-15-6-4-3-5-7-15)29-14(2)18(26)24-10-9-21-19(24)27/h3-8,11,14H,9-10,12H2,1-2H3,(H,21,27). The largest absolute Gasteiger partial charge is 0.469 e. The predicted molar refractivity (Wildman–Crippen MR) is 108 cm³/mol. The molecule has 3 amide bonds. The van der Waals surface area contributed by atoms with Crippen molar-refractivity contribution in [3.8, 4) is 11.4 Å². The Bertz CT molecular complexity index is 1030. The monoisotopic (exact) mass is 411 g/mol. The lowest BCUT2D eigenvalue weighted by Crippen LogP contribution is -2.39. The van der Waals surface area contributed by atoms with Gasteiger partial charge in [-0.1, -0.05) is 42.1 Å². The first-order valence-electron chi connectivity index (χ1n) is 9.32. The van der Waals surface area contributed by atoms with Crippen molar-refractivity contribution < 1.29 is 14.0 Å². The summed E-state index contributed by atoms with van der Waals surface area (Å²) in [5, 5.41) is 11.5. The zero-order chi connectivity index (χ0) is 20.4. The summed E-state index contributed by atoms with van der Waals surface area (Å²) < 4.78 is 7.42. The average Bonchev–Trinajstić information content (AvgIpc) is 3.43. The number of carbonyl (C=O) groups excluding carboxylic acids is 2. The van der Waals surface area contributed by atoms with Gasteiger partial charge in [0.05, 0.1) is 23.6 Å². The number of nitrogens with zero attached hydrogens (tertiary/aromatic N) is 4. The van der Waals surface area contributed by atoms with Gasteiger partial charge in [0.2, 0.25) is 5.91 Å². The summed E-state index contributed by atoms with van der Waals surface area (Å²) in [7, 11) is 0. The predicted octanol–water partition coefficient (Wildman–Crippen LogP) is 2.93. The van der Waals surface area contributed by atoms with Gasteiger partial charge in [0.25, 0.3) is 0 Å². The molecule has 2 aromatic heterocycles. The number of imide groups is 1. The topological polar surface area (TPSA) is 93.3 Å². The van der Waals surface area contributed by atoms with Crippen LogP contribution in [0, 0.1) is 6.92 Å². The van der Waals surface area contributed by atoms with Crippen molar-refractivity contribution >= 4 is 23.7 Å². The molecular formula is C20H21N5O3S. The number of urea groups is 1. The number of thioether (sulfide) groups is 1. The van der Waals surface area contributed by atoms with Crippen LogP contribution in [-0.2, 0) is 11.3 Å². The van der Waals surface area contributed by atoms with Gasteiger partial charge in [-0.25, -0.2) is 4.79 Å². The molecule has 1 aliphatic heterocycles. The van der Waals surface area contributed by atoms with E-state index >= 15 is 0 Å². The number of rotatable bonds is 6. The molecule has 0 aliphatic carbocycles. The van der Waals surface area contributed by atoms with E-state index in [4.69, 9.17) is 4.42 Å². The third-order valence-corrected chi connectivity index (χ3v) is 5.82. The lowest BCUT2D eigenvalue weighted by Gasteiger charge is -2.17. The van der Waals surface area contributed by atoms with Gasteiger partial charge in [0.1, 0.15) is 5.76 Å². The zero-order valence-electron chi connectivity index (χ0n) is 16.2. The van der Waals surface area contributed by atoms with E-state index < -0.39 is 5.25 Å². The van der Waals surface area contributed by atoms with Crippen molar-refractivity contribution in [2.24, 2.45) is 0 Å². The van der Waals surface area contributed by atoms with Crippen molar-refractivity contribution in [3.05, 3.63) is 54.0 Å². The average molecular weight is 411 g/mol. The summed E-state index contributed by atoms with van der Waals surface area (Å²) in [4.78, 5) is 25.8. The van der Waals surface area contributed by atoms with Crippen molar-refractivity contribution in [1.82, 2.24) is 25.0 Å². The summed E-state index contributed by atoms with van der Waals surface area (Å²) in [5.41, 5.74) is 1.95. The molecule has 1 fully saturated rings. The number of benzene rings is 1. The molecule has 150 valence electrons. The van der Waals surface area contributed by atoms with Crippen LogP contribution >= 0.6 is 11.8 Å². The Labute approximate surface area is 172 Å². The molecule has 0 spiro atoms. The van der Waals surface area contributed by atoms with E-state index in [-0.39, 0.29) is 11.9 Å². The number of carbonyl (C=O) groups is 2. The van der Waals surface area contributed by atoms with Gasteiger partial charge in [-0.3, -0.25) is 14.3 Å². The molecule has 0 saturated carbocycles. The number of aromatic nitrogens is 3. The summed E-state index contributed by atoms with van der Waals surface area (Å²) in [5.74, 6) is 1.20. The Morgan fingerprint density at radius 3 is 2.72 bits per heavy atom. The van der Waals surface area contributed by atoms with Crippen LogP contribution in [0.25, 0.3) is 11.4 Å². The molecule has 0 bridgehead atoms. The number of hydrogen-bond acceptors (Lipinski definition) is 6. The highest BCUT2D eigenvalue weighted by atomic mass is 32.2. The molecule has 29 heavy (non-hydrogen) atoms. The van der Waals surface area contributed by atoms with Gasteiger partial charge >= 0.3 is 6.03 Å². The van der Waals surface area contributed by atoms with Crippen LogP contribution in [0.15, 0.2) is 52.2 Å². The van der Waals surface area contributed by atoms with Gasteiger partial charge in [0.15, 0.2) is 11.0 Å². The lowest BCUT2D eigenvalue weighted by molar-refractivity contribution is -0.126. The van der Waals surface area contributed by atoms with Crippen LogP contribution in [0.3, 0.4) is 0 Å². The Balaban J connectivity index is 1.64. The van der Waals surface area contributed by atoms with Gasteiger partial charge in [0, 0.05) is 13.1 Å². The Morgan fingerprint density at radius 2 is 2.07 bits per heavy atom. The summed E-state index contributed by atoms with van der Waals surface area (Å²) >= 11 is 1.30. The minimum absolute atomic E-state index is 0.236. The molecule has 1 aliphatic rings. The van der Waals surface area contributed by atoms with Crippen LogP contribution in [0.1, 0.15) is 18.2 Å². The Kier molecular flexibility index (Phi) is 5.39. The fourth-order valence-corrected chi connectivity index (χ4v) is 4.12. The van der Waals surface area contributed by atoms with Crippen LogP contribution < -0.4 is 5.32 Å². The molecular weight excluding hydrogens is 390 g/mol. The second-order valence-corrected chi connectivity index (χ2v) is 8.06. The van der Waals surface area contributed by atoms with E-state index in [1.807, 2.05) is 47.9 Å². The van der Waals surface area contributed by atoms with Gasteiger partial charge < -0.3 is 9.73 Å². The van der Waals surface area contributed by atoms with Gasteiger partial charge in [-0.2, -0.15) is 0 Å². The molecule has 1 atom stereocenters. The molecule has 0 radical (unpaired) electrons. The lowest BCUT2D eigenvalue weighted by atomic mass is 10.2. The third kappa shape index (κ3) is 3.91. The molecule has 9 heteroatoms. The molecule has 4 rings (SSSR count). The first kappa shape index (κ1) is 19.3. The molecule has 3 heterocycles. The highest BCUT2D eigenvalue weighted by Crippen LogP contribution is 2.30. The fraction of sp³-hybridized carbons (Fsp3) is 0.300. The highest BCUT2D eigenvalue weighted by molar-refractivity contribution is 8.00. The second-order valence-electron chi connectivity index (χ2n) is 6.75. The molecule has 8 nitrogen and oxygen atoms in total. The van der Waals surface area contributed by atoms with Gasteiger partial charge in [-0.05, 0) is 25.5 Å². The fourth-order valence-electron chi connectivity index (χ4n) is 3.21. The smallest absolute Gasteiger partial charge is 0.324 e. The molecule has 3 aromatic rings. The molecule has 1 saturated heterocycles. The van der Waals surface area contributed by atoms with Crippen molar-refractivity contribution in [3.63, 3.8) is 0 Å². The zero-order valence-corrected chi connectivity index (χ0v) is 17.0. The highest BCUT2D eigenvalue weighted by Gasteiger charge is 2.31. The number of hydrogen-bond donors (Lipinski definition) is 1. The van der Waals surface area contributed by atoms with E-state index in [1.165, 1.54) is 16.7 Å². The quantitative estimate of drug-likeness (QED) is 0.627. The summed E-state index contributed by atoms with van der Waals surface area (Å²) in [6.45, 7) is 5.08. The van der Waals surface area contributed by atoms with Gasteiger partial charge in [-0.15, -0.1) is 10.2 Å². The van der Waals surface area contributed by atoms with Crippen LogP contribution in [0.2, 0.25) is 0 Å². The van der Waals surface area contributed by atoms with Crippen LogP contribution in [0.4, 0.5) is 4.79 Å². The number of furan rings is 1. The summed E-state index contributed by atoms with van der Waals surface area (Å²) in [6.07, 6.45) is 1.62. The van der Waals surface area contributed by atoms with Crippen molar-refractivity contribution in [1.29, 1.82) is 0 Å². The molecule has 1 N–H and O–H groups in total. The molecule has 1 aromatic carbocycles. The van der Waals surface area contributed by atoms with E-state index in [9.17, 15) is 9.59 Å². The normalized spacial score (nSPS) is 14.8. The second kappa shape index (κ2) is 8.12. The number of aryl methyl sites for hydroxylation is 1. The summed E-state index contributed by atoms with van der Waals surface area (Å²) in [6, 6.07) is 11.5. The first-order valence-corrected chi connectivity index (χ1v) is 10.2. The van der Waals surface area contributed by atoms with E-state index in [1.54, 1.807) is 13.2 Å². The van der Waals surface area contributed by atoms with Crippen molar-refractivity contribution in [2.75, 3.05) is 13.1 Å². The maximum atomic E-state index is 12.7. The van der Waals surface area contributed by atoms with E-state index in [0.29, 0.717) is 30.6 Å². The van der Waals surface area contributed by atoms with Crippen LogP contribution in [0.5, 0.6) is 0 Å². The maximum Gasteiger partial charge on any atom is 0.324 e.